The summed E-state index contributed by atoms with van der Waals surface area (Å²) < 4.78 is 14.8. The molecule has 0 aliphatic carbocycles. The number of hydrogen-bond acceptors (Lipinski definition) is 7. The highest BCUT2D eigenvalue weighted by Crippen LogP contribution is 2.28. The molecule has 7 nitrogen and oxygen atoms in total. The van der Waals surface area contributed by atoms with E-state index in [1.54, 1.807) is 12.1 Å². The predicted octanol–water partition coefficient (Wildman–Crippen LogP) is 3.59. The van der Waals surface area contributed by atoms with Gasteiger partial charge < -0.3 is 10.2 Å². The molecule has 0 saturated carbocycles. The van der Waals surface area contributed by atoms with E-state index in [1.165, 1.54) is 54.9 Å². The van der Waals surface area contributed by atoms with Gasteiger partial charge in [-0.1, -0.05) is 11.8 Å². The summed E-state index contributed by atoms with van der Waals surface area (Å²) >= 11 is 2.90. The molecule has 0 spiro atoms. The van der Waals surface area contributed by atoms with E-state index >= 15 is 0 Å². The number of fused-ring (bicyclic) bond motifs is 1. The van der Waals surface area contributed by atoms with Crippen molar-refractivity contribution in [1.82, 2.24) is 25.1 Å². The van der Waals surface area contributed by atoms with Crippen molar-refractivity contribution in [3.05, 3.63) is 36.3 Å². The molecule has 0 bridgehead atoms. The summed E-state index contributed by atoms with van der Waals surface area (Å²) in [6.07, 6.45) is 7.42. The smallest absolute Gasteiger partial charge is 0.230 e. The Kier molecular flexibility index (Phi) is 7.29. The lowest BCUT2D eigenvalue weighted by Crippen LogP contribution is -2.30. The molecule has 1 N–H and O–H groups in total. The van der Waals surface area contributed by atoms with Gasteiger partial charge in [-0.25, -0.2) is 19.0 Å². The van der Waals surface area contributed by atoms with E-state index in [2.05, 4.69) is 20.3 Å². The number of piperidine rings is 1. The van der Waals surface area contributed by atoms with Crippen molar-refractivity contribution in [2.45, 2.75) is 35.9 Å². The minimum atomic E-state index is -0.280. The van der Waals surface area contributed by atoms with Crippen LogP contribution in [0.1, 0.15) is 19.3 Å². The predicted molar refractivity (Wildman–Crippen MR) is 123 cm³/mol. The Balaban J connectivity index is 1.38. The molecule has 0 unspecified atom stereocenters. The van der Waals surface area contributed by atoms with Crippen molar-refractivity contribution in [2.75, 3.05) is 36.5 Å². The van der Waals surface area contributed by atoms with Gasteiger partial charge in [-0.2, -0.15) is 5.10 Å². The average molecular weight is 461 g/mol. The zero-order valence-corrected chi connectivity index (χ0v) is 19.0. The van der Waals surface area contributed by atoms with Gasteiger partial charge in [0.2, 0.25) is 5.91 Å². The van der Waals surface area contributed by atoms with E-state index < -0.39 is 0 Å². The number of hydrogen-bond donors (Lipinski definition) is 1. The van der Waals surface area contributed by atoms with E-state index in [0.29, 0.717) is 13.1 Å². The summed E-state index contributed by atoms with van der Waals surface area (Å²) in [6.45, 7) is 3.00. The van der Waals surface area contributed by atoms with Gasteiger partial charge >= 0.3 is 0 Å². The van der Waals surface area contributed by atoms with Gasteiger partial charge in [0.05, 0.1) is 23.9 Å². The van der Waals surface area contributed by atoms with Crippen molar-refractivity contribution in [3.63, 3.8) is 0 Å². The minimum Gasteiger partial charge on any atom is -0.356 e. The number of thioether (sulfide) groups is 2. The molecule has 3 aromatic rings. The molecule has 31 heavy (non-hydrogen) atoms. The Labute approximate surface area is 189 Å². The second-order valence-corrected chi connectivity index (χ2v) is 9.10. The summed E-state index contributed by atoms with van der Waals surface area (Å²) in [6, 6.07) is 6.13. The lowest BCUT2D eigenvalue weighted by atomic mass is 10.1. The number of benzene rings is 1. The summed E-state index contributed by atoms with van der Waals surface area (Å²) in [4.78, 5) is 24.8. The van der Waals surface area contributed by atoms with E-state index in [4.69, 9.17) is 4.98 Å². The first-order chi connectivity index (χ1) is 15.1. The van der Waals surface area contributed by atoms with Gasteiger partial charge in [0.15, 0.2) is 10.8 Å². The molecule has 1 aliphatic rings. The van der Waals surface area contributed by atoms with E-state index in [-0.39, 0.29) is 17.5 Å². The van der Waals surface area contributed by atoms with Crippen LogP contribution < -0.4 is 10.2 Å². The lowest BCUT2D eigenvalue weighted by molar-refractivity contribution is -0.118. The molecule has 1 aromatic carbocycles. The molecular formula is C21H25FN6OS2. The summed E-state index contributed by atoms with van der Waals surface area (Å²) in [5.41, 5.74) is 0.801. The number of amides is 1. The highest BCUT2D eigenvalue weighted by atomic mass is 32.2. The number of nitrogens with zero attached hydrogens (tertiary/aromatic N) is 5. The molecular weight excluding hydrogens is 435 g/mol. The maximum atomic E-state index is 13.0. The minimum absolute atomic E-state index is 0.0702. The van der Waals surface area contributed by atoms with Gasteiger partial charge in [-0.3, -0.25) is 4.79 Å². The zero-order valence-electron chi connectivity index (χ0n) is 17.4. The first kappa shape index (κ1) is 21.9. The SMILES string of the molecule is CSc1nc(N2CCCCC2)c2cnn(CCNC(=O)CSc3ccc(F)cc3)c2n1. The molecule has 1 fully saturated rings. The third-order valence-corrected chi connectivity index (χ3v) is 6.68. The molecule has 3 heterocycles. The van der Waals surface area contributed by atoms with Crippen LogP contribution in [0.5, 0.6) is 0 Å². The van der Waals surface area contributed by atoms with Crippen LogP contribution >= 0.6 is 23.5 Å². The fourth-order valence-corrected chi connectivity index (χ4v) is 4.64. The molecule has 0 radical (unpaired) electrons. The molecule has 4 rings (SSSR count). The van der Waals surface area contributed by atoms with E-state index in [9.17, 15) is 9.18 Å². The fourth-order valence-electron chi connectivity index (χ4n) is 3.55. The number of nitrogens with one attached hydrogen (secondary N) is 1. The third-order valence-electron chi connectivity index (χ3n) is 5.12. The number of carbonyl (C=O) groups excluding carboxylic acids is 1. The summed E-state index contributed by atoms with van der Waals surface area (Å²) in [5, 5.41) is 9.12. The quantitative estimate of drug-likeness (QED) is 0.407. The van der Waals surface area contributed by atoms with Gasteiger partial charge in [0, 0.05) is 24.5 Å². The molecule has 1 amide bonds. The highest BCUT2D eigenvalue weighted by Gasteiger charge is 2.19. The molecule has 1 saturated heterocycles. The average Bonchev–Trinajstić information content (AvgIpc) is 3.21. The number of halogens is 1. The second kappa shape index (κ2) is 10.3. The van der Waals surface area contributed by atoms with Crippen LogP contribution in [0.15, 0.2) is 40.5 Å². The highest BCUT2D eigenvalue weighted by molar-refractivity contribution is 8.00. The van der Waals surface area contributed by atoms with Crippen LogP contribution in [-0.4, -0.2) is 57.3 Å². The number of anilines is 1. The van der Waals surface area contributed by atoms with Gasteiger partial charge in [0.1, 0.15) is 11.6 Å². The molecule has 2 aromatic heterocycles. The van der Waals surface area contributed by atoms with Gasteiger partial charge in [0.25, 0.3) is 0 Å². The first-order valence-electron chi connectivity index (χ1n) is 10.3. The van der Waals surface area contributed by atoms with Crippen LogP contribution in [0.4, 0.5) is 10.2 Å². The number of carbonyl (C=O) groups is 1. The fraction of sp³-hybridized carbons (Fsp3) is 0.429. The maximum absolute atomic E-state index is 13.0. The van der Waals surface area contributed by atoms with Crippen LogP contribution in [-0.2, 0) is 11.3 Å². The molecule has 164 valence electrons. The Morgan fingerprint density at radius 2 is 1.94 bits per heavy atom. The number of aromatic nitrogens is 4. The molecule has 10 heteroatoms. The third kappa shape index (κ3) is 5.48. The Morgan fingerprint density at radius 1 is 1.16 bits per heavy atom. The van der Waals surface area contributed by atoms with Crippen molar-refractivity contribution in [3.8, 4) is 0 Å². The van der Waals surface area contributed by atoms with E-state index in [1.807, 2.05) is 17.1 Å². The second-order valence-electron chi connectivity index (χ2n) is 7.28. The largest absolute Gasteiger partial charge is 0.356 e. The molecule has 1 aliphatic heterocycles. The van der Waals surface area contributed by atoms with E-state index in [0.717, 1.165) is 40.0 Å². The standard InChI is InChI=1S/C21H25FN6OS2/c1-30-21-25-19(27-10-3-2-4-11-27)17-13-24-28(20(17)26-21)12-9-23-18(29)14-31-16-7-5-15(22)6-8-16/h5-8,13H,2-4,9-12,14H2,1H3,(H,23,29). The van der Waals surface area contributed by atoms with Crippen molar-refractivity contribution < 1.29 is 9.18 Å². The Morgan fingerprint density at radius 3 is 2.68 bits per heavy atom. The summed E-state index contributed by atoms with van der Waals surface area (Å²) in [5.74, 6) is 0.889. The topological polar surface area (TPSA) is 75.9 Å². The van der Waals surface area contributed by atoms with Crippen LogP contribution in [0.25, 0.3) is 11.0 Å². The Hall–Kier alpha value is -2.33. The van der Waals surface area contributed by atoms with Crippen molar-refractivity contribution >= 4 is 46.3 Å². The Bertz CT molecular complexity index is 1040. The van der Waals surface area contributed by atoms with Gasteiger partial charge in [-0.05, 0) is 49.8 Å². The lowest BCUT2D eigenvalue weighted by Gasteiger charge is -2.28. The monoisotopic (exact) mass is 460 g/mol. The van der Waals surface area contributed by atoms with Crippen molar-refractivity contribution in [1.29, 1.82) is 0 Å². The first-order valence-corrected chi connectivity index (χ1v) is 12.5. The zero-order chi connectivity index (χ0) is 21.6. The number of rotatable bonds is 8. The van der Waals surface area contributed by atoms with Gasteiger partial charge in [-0.15, -0.1) is 11.8 Å². The van der Waals surface area contributed by atoms with Crippen LogP contribution in [0.3, 0.4) is 0 Å². The summed E-state index contributed by atoms with van der Waals surface area (Å²) in [7, 11) is 0. The molecule has 0 atom stereocenters. The van der Waals surface area contributed by atoms with Crippen LogP contribution in [0.2, 0.25) is 0 Å². The van der Waals surface area contributed by atoms with Crippen molar-refractivity contribution in [2.24, 2.45) is 0 Å². The van der Waals surface area contributed by atoms with Crippen LogP contribution in [0, 0.1) is 5.82 Å². The maximum Gasteiger partial charge on any atom is 0.230 e. The normalized spacial score (nSPS) is 14.2.